The van der Waals surface area contributed by atoms with Crippen molar-refractivity contribution in [3.63, 3.8) is 0 Å². The molecule has 0 radical (unpaired) electrons. The van der Waals surface area contributed by atoms with E-state index in [1.807, 2.05) is 0 Å². The van der Waals surface area contributed by atoms with Crippen LogP contribution >= 0.6 is 23.2 Å². The number of hydrogen-bond donors (Lipinski definition) is 2. The molecule has 0 aliphatic rings. The highest BCUT2D eigenvalue weighted by molar-refractivity contribution is 6.35. The molecule has 26 heavy (non-hydrogen) atoms. The number of carbonyl (C=O) groups is 1. The van der Waals surface area contributed by atoms with E-state index in [1.165, 1.54) is 7.11 Å². The molecule has 3 aromatic rings. The first kappa shape index (κ1) is 18.0. The van der Waals surface area contributed by atoms with E-state index in [2.05, 4.69) is 15.4 Å². The monoisotopic (exact) mass is 392 g/mol. The lowest BCUT2D eigenvalue weighted by Gasteiger charge is -2.12. The molecule has 1 aromatic heterocycles. The normalized spacial score (nSPS) is 10.6. The van der Waals surface area contributed by atoms with Crippen molar-refractivity contribution >= 4 is 29.1 Å². The number of aromatic nitrogens is 3. The highest BCUT2D eigenvalue weighted by Crippen LogP contribution is 2.33. The summed E-state index contributed by atoms with van der Waals surface area (Å²) in [5, 5.41) is 11.2. The number of H-pyrrole nitrogens is 1. The molecular weight excluding hydrogens is 379 g/mol. The van der Waals surface area contributed by atoms with Gasteiger partial charge in [-0.05, 0) is 30.3 Å². The van der Waals surface area contributed by atoms with Gasteiger partial charge in [0.25, 0.3) is 5.91 Å². The zero-order valence-corrected chi connectivity index (χ0v) is 15.1. The Morgan fingerprint density at radius 2 is 1.96 bits per heavy atom. The Balaban J connectivity index is 1.85. The Bertz CT molecular complexity index is 959. The maximum atomic E-state index is 11.4. The maximum absolute atomic E-state index is 11.4. The Morgan fingerprint density at radius 3 is 2.65 bits per heavy atom. The van der Waals surface area contributed by atoms with Crippen molar-refractivity contribution in [1.82, 2.24) is 15.4 Å². The zero-order chi connectivity index (χ0) is 18.7. The lowest BCUT2D eigenvalue weighted by Crippen LogP contribution is -2.12. The average Bonchev–Trinajstić information content (AvgIpc) is 3.11. The Kier molecular flexibility index (Phi) is 5.29. The second kappa shape index (κ2) is 7.63. The first-order valence-electron chi connectivity index (χ1n) is 7.45. The predicted molar refractivity (Wildman–Crippen MR) is 97.7 cm³/mol. The van der Waals surface area contributed by atoms with Crippen LogP contribution in [0.1, 0.15) is 16.1 Å². The quantitative estimate of drug-likeness (QED) is 0.668. The Labute approximate surface area is 159 Å². The molecule has 2 aromatic carbocycles. The number of nitrogens with two attached hydrogens (primary N) is 1. The van der Waals surface area contributed by atoms with Gasteiger partial charge >= 0.3 is 0 Å². The molecule has 0 aliphatic heterocycles. The van der Waals surface area contributed by atoms with Crippen molar-refractivity contribution in [3.8, 4) is 22.8 Å². The highest BCUT2D eigenvalue weighted by atomic mass is 35.5. The molecule has 0 aliphatic carbocycles. The molecular formula is C17H14Cl2N4O3. The number of carbonyl (C=O) groups excluding carboxylic acids is 1. The van der Waals surface area contributed by atoms with Crippen molar-refractivity contribution in [2.75, 3.05) is 7.11 Å². The third-order valence-corrected chi connectivity index (χ3v) is 4.20. The summed E-state index contributed by atoms with van der Waals surface area (Å²) in [6.45, 7) is 0.238. The molecule has 0 spiro atoms. The van der Waals surface area contributed by atoms with E-state index in [0.717, 1.165) is 5.56 Å². The molecule has 1 heterocycles. The number of methoxy groups -OCH3 is 1. The van der Waals surface area contributed by atoms with Crippen LogP contribution in [0.25, 0.3) is 11.3 Å². The predicted octanol–water partition coefficient (Wildman–Crippen LogP) is 3.47. The second-order valence-corrected chi connectivity index (χ2v) is 6.12. The maximum Gasteiger partial charge on any atom is 0.271 e. The number of rotatable bonds is 6. The Hall–Kier alpha value is -2.77. The highest BCUT2D eigenvalue weighted by Gasteiger charge is 2.17. The van der Waals surface area contributed by atoms with Crippen molar-refractivity contribution in [2.45, 2.75) is 6.61 Å². The number of benzene rings is 2. The minimum absolute atomic E-state index is 0.0497. The van der Waals surface area contributed by atoms with E-state index in [0.29, 0.717) is 32.8 Å². The molecule has 134 valence electrons. The van der Waals surface area contributed by atoms with Crippen LogP contribution in [-0.2, 0) is 6.61 Å². The van der Waals surface area contributed by atoms with Gasteiger partial charge in [-0.25, -0.2) is 0 Å². The van der Waals surface area contributed by atoms with Crippen LogP contribution in [0.2, 0.25) is 10.0 Å². The molecule has 0 atom stereocenters. The lowest BCUT2D eigenvalue weighted by molar-refractivity contribution is 0.0996. The third kappa shape index (κ3) is 3.74. The van der Waals surface area contributed by atoms with Crippen molar-refractivity contribution < 1.29 is 14.3 Å². The molecule has 0 saturated carbocycles. The Morgan fingerprint density at radius 1 is 1.15 bits per heavy atom. The molecule has 3 N–H and O–H groups in total. The van der Waals surface area contributed by atoms with Crippen LogP contribution in [0, 0.1) is 0 Å². The SMILES string of the molecule is COc1cc(-c2n[nH]nc2C(N)=O)ccc1OCc1ccc(Cl)cc1Cl. The number of nitrogens with one attached hydrogen (secondary N) is 1. The van der Waals surface area contributed by atoms with Crippen LogP contribution in [0.4, 0.5) is 0 Å². The third-order valence-electron chi connectivity index (χ3n) is 3.62. The summed E-state index contributed by atoms with van der Waals surface area (Å²) < 4.78 is 11.2. The van der Waals surface area contributed by atoms with Gasteiger partial charge in [0.05, 0.1) is 7.11 Å². The summed E-state index contributed by atoms with van der Waals surface area (Å²) in [5.74, 6) is 0.294. The van der Waals surface area contributed by atoms with Crippen molar-refractivity contribution in [1.29, 1.82) is 0 Å². The van der Waals surface area contributed by atoms with Gasteiger partial charge in [-0.15, -0.1) is 0 Å². The van der Waals surface area contributed by atoms with Gasteiger partial charge in [0, 0.05) is 21.2 Å². The lowest BCUT2D eigenvalue weighted by atomic mass is 10.1. The van der Waals surface area contributed by atoms with E-state index in [-0.39, 0.29) is 12.3 Å². The molecule has 0 saturated heterocycles. The average molecular weight is 393 g/mol. The minimum atomic E-state index is -0.676. The van der Waals surface area contributed by atoms with Crippen LogP contribution in [0.15, 0.2) is 36.4 Å². The summed E-state index contributed by atoms with van der Waals surface area (Å²) in [7, 11) is 1.51. The van der Waals surface area contributed by atoms with Crippen LogP contribution < -0.4 is 15.2 Å². The van der Waals surface area contributed by atoms with E-state index >= 15 is 0 Å². The fraction of sp³-hybridized carbons (Fsp3) is 0.118. The van der Waals surface area contributed by atoms with E-state index in [9.17, 15) is 4.79 Å². The first-order valence-corrected chi connectivity index (χ1v) is 8.21. The molecule has 7 nitrogen and oxygen atoms in total. The number of nitrogens with zero attached hydrogens (tertiary/aromatic N) is 2. The zero-order valence-electron chi connectivity index (χ0n) is 13.6. The topological polar surface area (TPSA) is 103 Å². The molecule has 0 fully saturated rings. The fourth-order valence-corrected chi connectivity index (χ4v) is 2.80. The first-order chi connectivity index (χ1) is 12.5. The molecule has 0 bridgehead atoms. The number of halogens is 2. The van der Waals surface area contributed by atoms with E-state index in [4.69, 9.17) is 38.4 Å². The van der Waals surface area contributed by atoms with Gasteiger partial charge < -0.3 is 15.2 Å². The summed E-state index contributed by atoms with van der Waals surface area (Å²) in [4.78, 5) is 11.4. The van der Waals surface area contributed by atoms with Crippen molar-refractivity contribution in [2.24, 2.45) is 5.73 Å². The van der Waals surface area contributed by atoms with Gasteiger partial charge in [0.15, 0.2) is 17.2 Å². The van der Waals surface area contributed by atoms with Gasteiger partial charge in [0.1, 0.15) is 12.3 Å². The summed E-state index contributed by atoms with van der Waals surface area (Å²) >= 11 is 12.0. The van der Waals surface area contributed by atoms with Crippen LogP contribution in [0.5, 0.6) is 11.5 Å². The van der Waals surface area contributed by atoms with Crippen LogP contribution in [-0.4, -0.2) is 28.4 Å². The molecule has 0 unspecified atom stereocenters. The summed E-state index contributed by atoms with van der Waals surface area (Å²) in [5.41, 5.74) is 7.08. The van der Waals surface area contributed by atoms with Gasteiger partial charge in [-0.3, -0.25) is 4.79 Å². The fourth-order valence-electron chi connectivity index (χ4n) is 2.33. The largest absolute Gasteiger partial charge is 0.493 e. The smallest absolute Gasteiger partial charge is 0.271 e. The van der Waals surface area contributed by atoms with E-state index < -0.39 is 5.91 Å². The van der Waals surface area contributed by atoms with Gasteiger partial charge in [-0.1, -0.05) is 29.3 Å². The number of primary amides is 1. The number of amides is 1. The standard InChI is InChI=1S/C17H14Cl2N4O3/c1-25-14-6-9(15-16(17(20)24)22-23-21-15)3-5-13(14)26-8-10-2-4-11(18)7-12(10)19/h2-7H,8H2,1H3,(H2,20,24)(H,21,22,23). The number of hydrogen-bond acceptors (Lipinski definition) is 5. The summed E-state index contributed by atoms with van der Waals surface area (Å²) in [6, 6.07) is 10.3. The minimum Gasteiger partial charge on any atom is -0.493 e. The molecule has 1 amide bonds. The summed E-state index contributed by atoms with van der Waals surface area (Å²) in [6.07, 6.45) is 0. The second-order valence-electron chi connectivity index (χ2n) is 5.28. The number of aromatic amines is 1. The molecule has 9 heteroatoms. The van der Waals surface area contributed by atoms with E-state index in [1.54, 1.807) is 36.4 Å². The van der Waals surface area contributed by atoms with Crippen LogP contribution in [0.3, 0.4) is 0 Å². The van der Waals surface area contributed by atoms with Crippen molar-refractivity contribution in [3.05, 3.63) is 57.7 Å². The molecule has 3 rings (SSSR count). The van der Waals surface area contributed by atoms with Gasteiger partial charge in [-0.2, -0.15) is 15.4 Å². The number of ether oxygens (including phenoxy) is 2. The van der Waals surface area contributed by atoms with Gasteiger partial charge in [0.2, 0.25) is 0 Å².